The quantitative estimate of drug-likeness (QED) is 0.201. The van der Waals surface area contributed by atoms with Crippen LogP contribution in [-0.4, -0.2) is 108 Å². The van der Waals surface area contributed by atoms with E-state index in [-0.39, 0.29) is 55.3 Å². The van der Waals surface area contributed by atoms with Crippen molar-refractivity contribution in [1.29, 1.82) is 0 Å². The van der Waals surface area contributed by atoms with Crippen LogP contribution >= 0.6 is 11.6 Å². The molecule has 17 heteroatoms. The van der Waals surface area contributed by atoms with Crippen LogP contribution in [0.25, 0.3) is 0 Å². The van der Waals surface area contributed by atoms with Crippen LogP contribution in [-0.2, 0) is 33.3 Å². The fraction of sp³-hybridized carbons (Fsp3) is 0.447. The number of amides is 4. The largest absolute Gasteiger partial charge is 0.462 e. The zero-order valence-electron chi connectivity index (χ0n) is 30.3. The highest BCUT2D eigenvalue weighted by atomic mass is 35.5. The predicted octanol–water partition coefficient (Wildman–Crippen LogP) is 5.85. The number of hydrogen-bond acceptors (Lipinski definition) is 9. The molecule has 0 spiro atoms. The number of anilines is 3. The van der Waals surface area contributed by atoms with E-state index in [0.29, 0.717) is 63.3 Å². The Bertz CT molecular complexity index is 1880. The van der Waals surface area contributed by atoms with E-state index in [4.69, 9.17) is 26.8 Å². The van der Waals surface area contributed by atoms with Gasteiger partial charge >= 0.3 is 24.3 Å². The zero-order chi connectivity index (χ0) is 39.3. The molecular weight excluding hydrogens is 743 g/mol. The molecule has 0 unspecified atom stereocenters. The van der Waals surface area contributed by atoms with E-state index in [1.807, 2.05) is 36.1 Å². The van der Waals surface area contributed by atoms with E-state index in [1.165, 1.54) is 22.1 Å². The molecule has 2 aromatic carbocycles. The van der Waals surface area contributed by atoms with Gasteiger partial charge in [0.25, 0.3) is 5.91 Å². The Morgan fingerprint density at radius 3 is 2.40 bits per heavy atom. The number of nitrogens with zero attached hydrogens (tertiary/aromatic N) is 5. The number of urea groups is 1. The summed E-state index contributed by atoms with van der Waals surface area (Å²) >= 11 is 6.11. The maximum atomic E-state index is 14.0. The van der Waals surface area contributed by atoms with Gasteiger partial charge in [-0.15, -0.1) is 0 Å². The fourth-order valence-electron chi connectivity index (χ4n) is 7.05. The minimum atomic E-state index is -4.81. The number of piperidine rings is 1. The molecule has 0 saturated carbocycles. The molecule has 6 rings (SSSR count). The maximum absolute atomic E-state index is 14.0. The van der Waals surface area contributed by atoms with Crippen LogP contribution in [0.5, 0.6) is 0 Å². The summed E-state index contributed by atoms with van der Waals surface area (Å²) in [4.78, 5) is 64.0. The number of aromatic nitrogens is 1. The molecular formula is C38H43ClF3N7O6. The van der Waals surface area contributed by atoms with Gasteiger partial charge in [-0.2, -0.15) is 13.2 Å². The van der Waals surface area contributed by atoms with Crippen molar-refractivity contribution in [2.75, 3.05) is 68.4 Å². The van der Waals surface area contributed by atoms with Gasteiger partial charge in [0.2, 0.25) is 0 Å². The van der Waals surface area contributed by atoms with Crippen LogP contribution in [0.4, 0.5) is 40.0 Å². The number of carbonyl (C=O) groups is 4. The van der Waals surface area contributed by atoms with E-state index in [2.05, 4.69) is 10.3 Å². The molecule has 55 heavy (non-hydrogen) atoms. The standard InChI is InChI=1S/C38H43ClF3N7O6/c1-2-19-54-35(51)26-7-8-32(44-23-26)46-15-17-47(18-16-46)34(50)31(22-24-20-28(38(40,41)42)33(43)29(39)21-24)55-37(53)48-12-10-27(11-13-48)49-14-9-25-5-3-4-6-30(25)45-36(49)52/h3-8,20-21,23,27,31H,2,9-19,22,43H2,1H3,(H,45,52)/t31-/m1/s1. The molecule has 4 amide bonds. The molecule has 294 valence electrons. The lowest BCUT2D eigenvalue weighted by Crippen LogP contribution is -2.54. The second kappa shape index (κ2) is 17.0. The number of nitrogens with two attached hydrogens (primary N) is 1. The molecule has 0 bridgehead atoms. The molecule has 3 aliphatic rings. The normalized spacial score (nSPS) is 17.2. The van der Waals surface area contributed by atoms with Gasteiger partial charge in [-0.05, 0) is 67.1 Å². The lowest BCUT2D eigenvalue weighted by atomic mass is 10.0. The van der Waals surface area contributed by atoms with Crippen molar-refractivity contribution in [1.82, 2.24) is 19.7 Å². The number of nitrogens with one attached hydrogen (secondary N) is 1. The number of likely N-dealkylation sites (tertiary alicyclic amines) is 1. The third-order valence-corrected chi connectivity index (χ3v) is 10.4. The Kier molecular flexibility index (Phi) is 12.2. The summed E-state index contributed by atoms with van der Waals surface area (Å²) in [6, 6.07) is 12.6. The third-order valence-electron chi connectivity index (χ3n) is 10.1. The number of carbonyl (C=O) groups excluding carboxylic acids is 4. The van der Waals surface area contributed by atoms with Gasteiger partial charge in [0.1, 0.15) is 5.82 Å². The second-order valence-electron chi connectivity index (χ2n) is 13.7. The summed E-state index contributed by atoms with van der Waals surface area (Å²) in [6.07, 6.45) is -3.71. The summed E-state index contributed by atoms with van der Waals surface area (Å²) in [5.74, 6) is -0.460. The van der Waals surface area contributed by atoms with Crippen LogP contribution in [0.3, 0.4) is 0 Å². The number of pyridine rings is 1. The van der Waals surface area contributed by atoms with Crippen molar-refractivity contribution in [3.8, 4) is 0 Å². The van der Waals surface area contributed by atoms with Crippen LogP contribution in [0.2, 0.25) is 5.02 Å². The highest BCUT2D eigenvalue weighted by Crippen LogP contribution is 2.38. The number of nitrogen functional groups attached to an aromatic ring is 1. The molecule has 3 aromatic rings. The number of rotatable bonds is 9. The number of piperazine rings is 1. The minimum Gasteiger partial charge on any atom is -0.462 e. The van der Waals surface area contributed by atoms with Crippen LogP contribution in [0, 0.1) is 0 Å². The van der Waals surface area contributed by atoms with Gasteiger partial charge in [0.05, 0.1) is 28.4 Å². The number of ether oxygens (including phenoxy) is 2. The average Bonchev–Trinajstić information content (AvgIpc) is 3.35. The molecule has 2 fully saturated rings. The Balaban J connectivity index is 1.12. The number of halogens is 4. The number of hydrogen-bond donors (Lipinski definition) is 2. The minimum absolute atomic E-state index is 0.0185. The molecule has 3 aliphatic heterocycles. The Labute approximate surface area is 321 Å². The second-order valence-corrected chi connectivity index (χ2v) is 14.1. The summed E-state index contributed by atoms with van der Waals surface area (Å²) in [5, 5.41) is 2.63. The Morgan fingerprint density at radius 1 is 1.00 bits per heavy atom. The zero-order valence-corrected chi connectivity index (χ0v) is 31.1. The first-order valence-corrected chi connectivity index (χ1v) is 18.6. The number of fused-ring (bicyclic) bond motifs is 1. The van der Waals surface area contributed by atoms with Gasteiger partial charge in [-0.3, -0.25) is 4.79 Å². The van der Waals surface area contributed by atoms with Gasteiger partial charge in [0.15, 0.2) is 6.10 Å². The van der Waals surface area contributed by atoms with Gasteiger partial charge in [0, 0.05) is 70.2 Å². The topological polar surface area (TPSA) is 151 Å². The lowest BCUT2D eigenvalue weighted by Gasteiger charge is -2.39. The average molecular weight is 786 g/mol. The smallest absolute Gasteiger partial charge is 0.418 e. The van der Waals surface area contributed by atoms with Crippen molar-refractivity contribution < 1.29 is 41.8 Å². The van der Waals surface area contributed by atoms with Gasteiger partial charge in [-0.1, -0.05) is 36.7 Å². The first-order chi connectivity index (χ1) is 26.3. The van der Waals surface area contributed by atoms with E-state index >= 15 is 0 Å². The van der Waals surface area contributed by atoms with Crippen molar-refractivity contribution in [3.63, 3.8) is 0 Å². The molecule has 0 radical (unpaired) electrons. The van der Waals surface area contributed by atoms with E-state index in [0.717, 1.165) is 17.3 Å². The summed E-state index contributed by atoms with van der Waals surface area (Å²) in [7, 11) is 0. The van der Waals surface area contributed by atoms with Crippen LogP contribution in [0.15, 0.2) is 54.7 Å². The van der Waals surface area contributed by atoms with Crippen LogP contribution in [0.1, 0.15) is 53.2 Å². The van der Waals surface area contributed by atoms with E-state index in [1.54, 1.807) is 17.0 Å². The van der Waals surface area contributed by atoms with E-state index in [9.17, 15) is 32.3 Å². The molecule has 3 N–H and O–H groups in total. The SMILES string of the molecule is CCCOC(=O)c1ccc(N2CCN(C(=O)[C@@H](Cc3cc(Cl)c(N)c(C(F)(F)F)c3)OC(=O)N3CCC(N4CCc5ccccc5NC4=O)CC3)CC2)nc1. The predicted molar refractivity (Wildman–Crippen MR) is 199 cm³/mol. The number of benzene rings is 2. The molecule has 1 atom stereocenters. The molecule has 2 saturated heterocycles. The number of para-hydroxylation sites is 1. The van der Waals surface area contributed by atoms with E-state index < -0.39 is 41.5 Å². The molecule has 4 heterocycles. The van der Waals surface area contributed by atoms with Gasteiger partial charge in [-0.25, -0.2) is 19.4 Å². The summed E-state index contributed by atoms with van der Waals surface area (Å²) in [6.45, 7) is 4.32. The fourth-order valence-corrected chi connectivity index (χ4v) is 7.29. The summed E-state index contributed by atoms with van der Waals surface area (Å²) < 4.78 is 52.5. The molecule has 13 nitrogen and oxygen atoms in total. The number of esters is 1. The Hall–Kier alpha value is -5.25. The third kappa shape index (κ3) is 9.35. The molecule has 1 aromatic heterocycles. The first-order valence-electron chi connectivity index (χ1n) is 18.3. The van der Waals surface area contributed by atoms with Crippen molar-refractivity contribution >= 4 is 52.8 Å². The highest BCUT2D eigenvalue weighted by Gasteiger charge is 2.38. The molecule has 0 aliphatic carbocycles. The first kappa shape index (κ1) is 39.4. The van der Waals surface area contributed by atoms with Crippen molar-refractivity contribution in [2.24, 2.45) is 0 Å². The lowest BCUT2D eigenvalue weighted by molar-refractivity contribution is -0.141. The van der Waals surface area contributed by atoms with Crippen molar-refractivity contribution in [2.45, 2.75) is 57.3 Å². The Morgan fingerprint density at radius 2 is 1.73 bits per heavy atom. The van der Waals surface area contributed by atoms with Crippen LogP contribution < -0.4 is 16.0 Å². The monoisotopic (exact) mass is 785 g/mol. The van der Waals surface area contributed by atoms with Crippen molar-refractivity contribution in [3.05, 3.63) is 82.0 Å². The summed E-state index contributed by atoms with van der Waals surface area (Å²) in [5.41, 5.74) is 6.00. The number of alkyl halides is 3. The maximum Gasteiger partial charge on any atom is 0.418 e. The van der Waals surface area contributed by atoms with Gasteiger partial charge < -0.3 is 40.1 Å². The highest BCUT2D eigenvalue weighted by molar-refractivity contribution is 6.33.